The molecule has 1 unspecified atom stereocenters. The number of aromatic nitrogens is 2. The van der Waals surface area contributed by atoms with Crippen LogP contribution in [0.3, 0.4) is 0 Å². The molecule has 0 aliphatic heterocycles. The summed E-state index contributed by atoms with van der Waals surface area (Å²) in [6, 6.07) is -0.255. The minimum Gasteiger partial charge on any atom is -0.383 e. The molecule has 1 aromatic rings. The first kappa shape index (κ1) is 16.1. The van der Waals surface area contributed by atoms with Crippen molar-refractivity contribution in [2.75, 3.05) is 20.8 Å². The van der Waals surface area contributed by atoms with Gasteiger partial charge < -0.3 is 10.1 Å². The molecule has 19 heavy (non-hydrogen) atoms. The first-order valence-corrected chi connectivity index (χ1v) is 7.64. The van der Waals surface area contributed by atoms with Gasteiger partial charge in [0.1, 0.15) is 0 Å². The smallest absolute Gasteiger partial charge is 0.260 e. The molecule has 0 aliphatic carbocycles. The molecule has 0 radical (unpaired) electrons. The van der Waals surface area contributed by atoms with Crippen LogP contribution in [0.2, 0.25) is 0 Å². The Labute approximate surface area is 114 Å². The number of nitrogens with zero attached hydrogens (tertiary/aromatic N) is 1. The van der Waals surface area contributed by atoms with Gasteiger partial charge in [0.15, 0.2) is 5.03 Å². The summed E-state index contributed by atoms with van der Waals surface area (Å²) >= 11 is 0. The van der Waals surface area contributed by atoms with Gasteiger partial charge in [0.2, 0.25) is 0 Å². The van der Waals surface area contributed by atoms with Crippen LogP contribution in [0.5, 0.6) is 0 Å². The van der Waals surface area contributed by atoms with Crippen LogP contribution in [0.15, 0.2) is 5.03 Å². The van der Waals surface area contributed by atoms with Crippen molar-refractivity contribution in [2.24, 2.45) is 0 Å². The minimum atomic E-state index is -3.64. The summed E-state index contributed by atoms with van der Waals surface area (Å²) in [6.45, 7) is 4.47. The van der Waals surface area contributed by atoms with Gasteiger partial charge in [-0.3, -0.25) is 5.10 Å². The van der Waals surface area contributed by atoms with E-state index in [0.717, 1.165) is 5.69 Å². The number of nitrogens with one attached hydrogen (secondary N) is 3. The number of methoxy groups -OCH3 is 1. The summed E-state index contributed by atoms with van der Waals surface area (Å²) in [4.78, 5) is 0. The lowest BCUT2D eigenvalue weighted by Crippen LogP contribution is -2.38. The molecule has 1 aromatic heterocycles. The van der Waals surface area contributed by atoms with E-state index < -0.39 is 10.0 Å². The predicted molar refractivity (Wildman–Crippen MR) is 72.4 cm³/mol. The SMILES string of the molecule is CCC(COC)NS(=O)(=O)c1n[nH]c(C)c1CNC. The average molecular weight is 290 g/mol. The van der Waals surface area contributed by atoms with Crippen molar-refractivity contribution in [3.8, 4) is 0 Å². The highest BCUT2D eigenvalue weighted by atomic mass is 32.2. The van der Waals surface area contributed by atoms with Gasteiger partial charge >= 0.3 is 0 Å². The van der Waals surface area contributed by atoms with Crippen LogP contribution in [0.25, 0.3) is 0 Å². The number of hydrogen-bond donors (Lipinski definition) is 3. The first-order chi connectivity index (χ1) is 8.96. The summed E-state index contributed by atoms with van der Waals surface area (Å²) in [5.41, 5.74) is 1.40. The maximum Gasteiger partial charge on any atom is 0.260 e. The van der Waals surface area contributed by atoms with Crippen LogP contribution in [-0.4, -0.2) is 45.4 Å². The number of rotatable bonds is 8. The van der Waals surface area contributed by atoms with Crippen LogP contribution in [-0.2, 0) is 21.3 Å². The highest BCUT2D eigenvalue weighted by molar-refractivity contribution is 7.89. The highest BCUT2D eigenvalue weighted by Crippen LogP contribution is 2.16. The van der Waals surface area contributed by atoms with Gasteiger partial charge in [-0.1, -0.05) is 6.92 Å². The quantitative estimate of drug-likeness (QED) is 0.633. The molecular formula is C11H22N4O3S. The molecule has 8 heteroatoms. The zero-order valence-corrected chi connectivity index (χ0v) is 12.6. The molecule has 0 bridgehead atoms. The van der Waals surface area contributed by atoms with E-state index in [-0.39, 0.29) is 11.1 Å². The summed E-state index contributed by atoms with van der Waals surface area (Å²) < 4.78 is 32.2. The molecule has 1 atom stereocenters. The maximum absolute atomic E-state index is 12.3. The molecule has 1 heterocycles. The van der Waals surface area contributed by atoms with E-state index in [1.54, 1.807) is 21.1 Å². The van der Waals surface area contributed by atoms with Crippen LogP contribution in [0.4, 0.5) is 0 Å². The first-order valence-electron chi connectivity index (χ1n) is 6.16. The van der Waals surface area contributed by atoms with E-state index >= 15 is 0 Å². The van der Waals surface area contributed by atoms with Gasteiger partial charge in [0.05, 0.1) is 6.61 Å². The molecule has 0 fully saturated rings. The van der Waals surface area contributed by atoms with Crippen molar-refractivity contribution >= 4 is 10.0 Å². The Balaban J connectivity index is 2.99. The number of sulfonamides is 1. The fraction of sp³-hybridized carbons (Fsp3) is 0.727. The van der Waals surface area contributed by atoms with E-state index in [1.807, 2.05) is 6.92 Å². The normalized spacial score (nSPS) is 13.7. The molecule has 0 amide bonds. The van der Waals surface area contributed by atoms with Crippen LogP contribution < -0.4 is 10.0 Å². The van der Waals surface area contributed by atoms with Crippen molar-refractivity contribution in [1.29, 1.82) is 0 Å². The Bertz CT molecular complexity index is 498. The molecule has 3 N–H and O–H groups in total. The second kappa shape index (κ2) is 6.99. The fourth-order valence-electron chi connectivity index (χ4n) is 1.75. The molecule has 0 saturated heterocycles. The van der Waals surface area contributed by atoms with E-state index in [1.165, 1.54) is 0 Å². The lowest BCUT2D eigenvalue weighted by molar-refractivity contribution is 0.173. The molecule has 110 valence electrons. The summed E-state index contributed by atoms with van der Waals surface area (Å²) in [5.74, 6) is 0. The van der Waals surface area contributed by atoms with Crippen molar-refractivity contribution in [2.45, 2.75) is 37.9 Å². The molecule has 0 spiro atoms. The Morgan fingerprint density at radius 3 is 2.68 bits per heavy atom. The molecule has 0 aromatic carbocycles. The van der Waals surface area contributed by atoms with Crippen molar-refractivity contribution in [3.05, 3.63) is 11.3 Å². The molecule has 7 nitrogen and oxygen atoms in total. The van der Waals surface area contributed by atoms with Gasteiger partial charge in [-0.2, -0.15) is 5.10 Å². The predicted octanol–water partition coefficient (Wildman–Crippen LogP) is 0.141. The molecule has 0 aliphatic rings. The fourth-order valence-corrected chi connectivity index (χ4v) is 3.25. The van der Waals surface area contributed by atoms with Crippen molar-refractivity contribution in [1.82, 2.24) is 20.2 Å². The van der Waals surface area contributed by atoms with Gasteiger partial charge in [0.25, 0.3) is 10.0 Å². The van der Waals surface area contributed by atoms with Crippen LogP contribution >= 0.6 is 0 Å². The highest BCUT2D eigenvalue weighted by Gasteiger charge is 2.25. The Kier molecular flexibility index (Phi) is 5.92. The van der Waals surface area contributed by atoms with E-state index in [9.17, 15) is 8.42 Å². The average Bonchev–Trinajstić information content (AvgIpc) is 2.71. The number of ether oxygens (including phenoxy) is 1. The van der Waals surface area contributed by atoms with E-state index in [2.05, 4.69) is 20.2 Å². The third kappa shape index (κ3) is 4.00. The molecule has 0 saturated carbocycles. The summed E-state index contributed by atoms with van der Waals surface area (Å²) in [6.07, 6.45) is 0.651. The van der Waals surface area contributed by atoms with Gasteiger partial charge in [0, 0.05) is 31.0 Å². The third-order valence-corrected chi connectivity index (χ3v) is 4.32. The standard InChI is InChI=1S/C11H22N4O3S/c1-5-9(7-18-4)15-19(16,17)11-10(6-12-3)8(2)13-14-11/h9,12,15H,5-7H2,1-4H3,(H,13,14). The molecular weight excluding hydrogens is 268 g/mol. The molecule has 1 rings (SSSR count). The number of aromatic amines is 1. The lowest BCUT2D eigenvalue weighted by Gasteiger charge is -2.15. The zero-order valence-electron chi connectivity index (χ0n) is 11.8. The van der Waals surface area contributed by atoms with Crippen LogP contribution in [0.1, 0.15) is 24.6 Å². The summed E-state index contributed by atoms with van der Waals surface area (Å²) in [7, 11) is -0.334. The van der Waals surface area contributed by atoms with E-state index in [0.29, 0.717) is 25.1 Å². The maximum atomic E-state index is 12.3. The van der Waals surface area contributed by atoms with E-state index in [4.69, 9.17) is 4.74 Å². The minimum absolute atomic E-state index is 0.0499. The van der Waals surface area contributed by atoms with Crippen LogP contribution in [0, 0.1) is 6.92 Å². The Morgan fingerprint density at radius 1 is 1.47 bits per heavy atom. The lowest BCUT2D eigenvalue weighted by atomic mass is 10.3. The van der Waals surface area contributed by atoms with Gasteiger partial charge in [-0.15, -0.1) is 0 Å². The topological polar surface area (TPSA) is 96.1 Å². The monoisotopic (exact) mass is 290 g/mol. The van der Waals surface area contributed by atoms with Gasteiger partial charge in [-0.25, -0.2) is 13.1 Å². The summed E-state index contributed by atoms with van der Waals surface area (Å²) in [5, 5.41) is 9.60. The third-order valence-electron chi connectivity index (χ3n) is 2.83. The number of H-pyrrole nitrogens is 1. The number of hydrogen-bond acceptors (Lipinski definition) is 5. The van der Waals surface area contributed by atoms with Crippen molar-refractivity contribution < 1.29 is 13.2 Å². The Morgan fingerprint density at radius 2 is 2.16 bits per heavy atom. The largest absolute Gasteiger partial charge is 0.383 e. The second-order valence-electron chi connectivity index (χ2n) is 4.34. The van der Waals surface area contributed by atoms with Crippen molar-refractivity contribution in [3.63, 3.8) is 0 Å². The second-order valence-corrected chi connectivity index (χ2v) is 5.97. The Hall–Kier alpha value is -0.960. The number of aryl methyl sites for hydroxylation is 1. The zero-order chi connectivity index (χ0) is 14.5. The van der Waals surface area contributed by atoms with Gasteiger partial charge in [-0.05, 0) is 20.4 Å².